The van der Waals surface area contributed by atoms with Crippen molar-refractivity contribution < 1.29 is 4.52 Å². The van der Waals surface area contributed by atoms with Crippen LogP contribution in [0.4, 0.5) is 0 Å². The van der Waals surface area contributed by atoms with E-state index in [1.807, 2.05) is 0 Å². The van der Waals surface area contributed by atoms with E-state index in [4.69, 9.17) is 9.52 Å². The normalized spacial score (nSPS) is 11.7. The second-order valence-electron chi connectivity index (χ2n) is 6.47. The van der Waals surface area contributed by atoms with Crippen molar-refractivity contribution in [2.45, 2.75) is 46.7 Å². The SMILES string of the molecule is CCNC(=NCc1ccc2ccccc2c1)NCc1c(CC)noc1CC. The predicted octanol–water partition coefficient (Wildman–Crippen LogP) is 4.21. The van der Waals surface area contributed by atoms with Crippen molar-refractivity contribution in [1.82, 2.24) is 15.8 Å². The van der Waals surface area contributed by atoms with Gasteiger partial charge in [-0.3, -0.25) is 0 Å². The Bertz CT molecular complexity index is 892. The highest BCUT2D eigenvalue weighted by atomic mass is 16.5. The molecule has 0 unspecified atom stereocenters. The van der Waals surface area contributed by atoms with Crippen molar-refractivity contribution in [2.75, 3.05) is 6.54 Å². The molecule has 0 aliphatic carbocycles. The van der Waals surface area contributed by atoms with Crippen molar-refractivity contribution in [2.24, 2.45) is 4.99 Å². The first-order valence-corrected chi connectivity index (χ1v) is 9.71. The molecule has 3 aromatic rings. The first-order valence-electron chi connectivity index (χ1n) is 9.71. The van der Waals surface area contributed by atoms with Gasteiger partial charge in [0.25, 0.3) is 0 Å². The fraction of sp³-hybridized carbons (Fsp3) is 0.364. The number of fused-ring (bicyclic) bond motifs is 1. The largest absolute Gasteiger partial charge is 0.361 e. The second kappa shape index (κ2) is 9.21. The lowest BCUT2D eigenvalue weighted by atomic mass is 10.1. The standard InChI is InChI=1S/C22H28N4O/c1-4-20-19(21(5-2)27-26-20)15-25-22(23-6-3)24-14-16-11-12-17-9-7-8-10-18(17)13-16/h7-13H,4-6,14-15H2,1-3H3,(H2,23,24,25). The molecule has 27 heavy (non-hydrogen) atoms. The van der Waals surface area contributed by atoms with Crippen LogP contribution < -0.4 is 10.6 Å². The summed E-state index contributed by atoms with van der Waals surface area (Å²) in [5.41, 5.74) is 3.36. The maximum absolute atomic E-state index is 5.45. The van der Waals surface area contributed by atoms with Crippen LogP contribution >= 0.6 is 0 Å². The number of benzene rings is 2. The highest BCUT2D eigenvalue weighted by Crippen LogP contribution is 2.17. The topological polar surface area (TPSA) is 62.5 Å². The summed E-state index contributed by atoms with van der Waals surface area (Å²) < 4.78 is 5.45. The lowest BCUT2D eigenvalue weighted by Gasteiger charge is -2.12. The highest BCUT2D eigenvalue weighted by Gasteiger charge is 2.13. The average molecular weight is 364 g/mol. The van der Waals surface area contributed by atoms with Gasteiger partial charge in [0.15, 0.2) is 5.96 Å². The Morgan fingerprint density at radius 3 is 2.56 bits per heavy atom. The van der Waals surface area contributed by atoms with Gasteiger partial charge in [-0.05, 0) is 35.7 Å². The summed E-state index contributed by atoms with van der Waals surface area (Å²) in [6.45, 7) is 8.36. The maximum Gasteiger partial charge on any atom is 0.191 e. The molecule has 1 aromatic heterocycles. The Hall–Kier alpha value is -2.82. The number of aromatic nitrogens is 1. The van der Waals surface area contributed by atoms with Gasteiger partial charge in [-0.25, -0.2) is 4.99 Å². The number of guanidine groups is 1. The van der Waals surface area contributed by atoms with Crippen LogP contribution in [0.5, 0.6) is 0 Å². The van der Waals surface area contributed by atoms with E-state index in [1.54, 1.807) is 0 Å². The van der Waals surface area contributed by atoms with Gasteiger partial charge in [0, 0.05) is 25.1 Å². The average Bonchev–Trinajstić information content (AvgIpc) is 3.12. The minimum Gasteiger partial charge on any atom is -0.361 e. The molecule has 0 atom stereocenters. The summed E-state index contributed by atoms with van der Waals surface area (Å²) in [5.74, 6) is 1.75. The van der Waals surface area contributed by atoms with Gasteiger partial charge in [0.1, 0.15) is 5.76 Å². The van der Waals surface area contributed by atoms with Gasteiger partial charge >= 0.3 is 0 Å². The molecule has 5 heteroatoms. The molecule has 0 fully saturated rings. The van der Waals surface area contributed by atoms with E-state index in [0.717, 1.165) is 42.4 Å². The number of rotatable bonds is 7. The van der Waals surface area contributed by atoms with Crippen LogP contribution in [0.15, 0.2) is 52.0 Å². The van der Waals surface area contributed by atoms with Gasteiger partial charge in [-0.2, -0.15) is 0 Å². The summed E-state index contributed by atoms with van der Waals surface area (Å²) in [7, 11) is 0. The molecule has 2 N–H and O–H groups in total. The van der Waals surface area contributed by atoms with E-state index < -0.39 is 0 Å². The second-order valence-corrected chi connectivity index (χ2v) is 6.47. The Labute approximate surface area is 160 Å². The summed E-state index contributed by atoms with van der Waals surface area (Å²) >= 11 is 0. The Morgan fingerprint density at radius 1 is 1.00 bits per heavy atom. The zero-order chi connectivity index (χ0) is 19.1. The number of hydrogen-bond acceptors (Lipinski definition) is 3. The Balaban J connectivity index is 1.71. The van der Waals surface area contributed by atoms with E-state index in [1.165, 1.54) is 16.3 Å². The van der Waals surface area contributed by atoms with Crippen LogP contribution in [0.2, 0.25) is 0 Å². The molecule has 0 saturated carbocycles. The third kappa shape index (κ3) is 4.67. The molecule has 0 bridgehead atoms. The molecule has 5 nitrogen and oxygen atoms in total. The number of hydrogen-bond donors (Lipinski definition) is 2. The molecular formula is C22H28N4O. The molecular weight excluding hydrogens is 336 g/mol. The Morgan fingerprint density at radius 2 is 1.81 bits per heavy atom. The zero-order valence-electron chi connectivity index (χ0n) is 16.4. The van der Waals surface area contributed by atoms with Crippen molar-refractivity contribution in [3.63, 3.8) is 0 Å². The van der Waals surface area contributed by atoms with Gasteiger partial charge < -0.3 is 15.2 Å². The highest BCUT2D eigenvalue weighted by molar-refractivity contribution is 5.83. The van der Waals surface area contributed by atoms with Crippen LogP contribution in [0.3, 0.4) is 0 Å². The molecule has 2 aromatic carbocycles. The van der Waals surface area contributed by atoms with Crippen molar-refractivity contribution in [1.29, 1.82) is 0 Å². The van der Waals surface area contributed by atoms with E-state index in [-0.39, 0.29) is 0 Å². The molecule has 3 rings (SSSR count). The molecule has 0 saturated heterocycles. The molecule has 0 amide bonds. The van der Waals surface area contributed by atoms with Crippen molar-refractivity contribution in [3.8, 4) is 0 Å². The lowest BCUT2D eigenvalue weighted by molar-refractivity contribution is 0.380. The van der Waals surface area contributed by atoms with Crippen LogP contribution in [0, 0.1) is 0 Å². The number of aliphatic imine (C=N–C) groups is 1. The Kier molecular flexibility index (Phi) is 6.47. The van der Waals surface area contributed by atoms with Gasteiger partial charge in [0.05, 0.1) is 12.2 Å². The minimum absolute atomic E-state index is 0.630. The monoisotopic (exact) mass is 364 g/mol. The fourth-order valence-corrected chi connectivity index (χ4v) is 3.16. The van der Waals surface area contributed by atoms with Crippen LogP contribution in [-0.2, 0) is 25.9 Å². The molecule has 0 aliphatic rings. The van der Waals surface area contributed by atoms with E-state index in [9.17, 15) is 0 Å². The van der Waals surface area contributed by atoms with Crippen LogP contribution in [0.1, 0.15) is 43.4 Å². The third-order valence-electron chi connectivity index (χ3n) is 4.62. The smallest absolute Gasteiger partial charge is 0.191 e. The first kappa shape index (κ1) is 19.0. The van der Waals surface area contributed by atoms with Gasteiger partial charge in [0.2, 0.25) is 0 Å². The fourth-order valence-electron chi connectivity index (χ4n) is 3.16. The summed E-state index contributed by atoms with van der Waals surface area (Å²) in [6.07, 6.45) is 1.71. The zero-order valence-corrected chi connectivity index (χ0v) is 16.4. The predicted molar refractivity (Wildman–Crippen MR) is 111 cm³/mol. The summed E-state index contributed by atoms with van der Waals surface area (Å²) in [4.78, 5) is 4.74. The number of nitrogens with zero attached hydrogens (tertiary/aromatic N) is 2. The summed E-state index contributed by atoms with van der Waals surface area (Å²) in [6, 6.07) is 14.9. The van der Waals surface area contributed by atoms with Crippen LogP contribution in [-0.4, -0.2) is 17.7 Å². The van der Waals surface area contributed by atoms with Gasteiger partial charge in [-0.15, -0.1) is 0 Å². The van der Waals surface area contributed by atoms with E-state index in [2.05, 4.69) is 79.0 Å². The van der Waals surface area contributed by atoms with Crippen molar-refractivity contribution in [3.05, 3.63) is 65.0 Å². The van der Waals surface area contributed by atoms with E-state index in [0.29, 0.717) is 13.1 Å². The summed E-state index contributed by atoms with van der Waals surface area (Å²) in [5, 5.41) is 13.4. The number of aryl methyl sites for hydroxylation is 2. The quantitative estimate of drug-likeness (QED) is 0.487. The third-order valence-corrected chi connectivity index (χ3v) is 4.62. The van der Waals surface area contributed by atoms with Crippen molar-refractivity contribution >= 4 is 16.7 Å². The maximum atomic E-state index is 5.45. The molecule has 0 spiro atoms. The first-order chi connectivity index (χ1) is 13.2. The molecule has 1 heterocycles. The molecule has 142 valence electrons. The molecule has 0 radical (unpaired) electrons. The minimum atomic E-state index is 0.630. The van der Waals surface area contributed by atoms with Crippen LogP contribution in [0.25, 0.3) is 10.8 Å². The van der Waals surface area contributed by atoms with Gasteiger partial charge in [-0.1, -0.05) is 55.4 Å². The lowest BCUT2D eigenvalue weighted by Crippen LogP contribution is -2.37. The molecule has 0 aliphatic heterocycles. The number of nitrogens with one attached hydrogen (secondary N) is 2. The van der Waals surface area contributed by atoms with E-state index >= 15 is 0 Å².